The molecule has 122 valence electrons. The van der Waals surface area contributed by atoms with Gasteiger partial charge in [0.2, 0.25) is 5.88 Å². The molecule has 1 aromatic carbocycles. The largest absolute Gasteiger partial charge is 0.484 e. The van der Waals surface area contributed by atoms with E-state index < -0.39 is 0 Å². The summed E-state index contributed by atoms with van der Waals surface area (Å²) in [5.74, 6) is 1.05. The SMILES string of the molecule is CCOc1ncccc1CNC(=O)COc1ccc(CC)cc1. The van der Waals surface area contributed by atoms with Crippen LogP contribution in [0.15, 0.2) is 42.6 Å². The molecule has 0 atom stereocenters. The molecule has 1 aromatic heterocycles. The van der Waals surface area contributed by atoms with E-state index in [9.17, 15) is 4.79 Å². The quantitative estimate of drug-likeness (QED) is 0.814. The first-order valence-corrected chi connectivity index (χ1v) is 7.78. The molecule has 0 radical (unpaired) electrons. The number of nitrogens with one attached hydrogen (secondary N) is 1. The third kappa shape index (κ3) is 5.29. The van der Waals surface area contributed by atoms with Crippen LogP contribution in [0.3, 0.4) is 0 Å². The minimum Gasteiger partial charge on any atom is -0.484 e. The minimum absolute atomic E-state index is 0.0182. The molecule has 0 aliphatic carbocycles. The molecule has 5 nitrogen and oxygen atoms in total. The summed E-state index contributed by atoms with van der Waals surface area (Å²) in [7, 11) is 0. The molecule has 0 aliphatic heterocycles. The lowest BCUT2D eigenvalue weighted by Gasteiger charge is -2.10. The summed E-state index contributed by atoms with van der Waals surface area (Å²) in [6, 6.07) is 11.4. The maximum Gasteiger partial charge on any atom is 0.258 e. The van der Waals surface area contributed by atoms with E-state index in [1.54, 1.807) is 6.20 Å². The molecule has 0 aliphatic rings. The van der Waals surface area contributed by atoms with Crippen molar-refractivity contribution < 1.29 is 14.3 Å². The van der Waals surface area contributed by atoms with Crippen molar-refractivity contribution in [3.8, 4) is 11.6 Å². The van der Waals surface area contributed by atoms with E-state index in [1.807, 2.05) is 43.3 Å². The number of hydrogen-bond donors (Lipinski definition) is 1. The van der Waals surface area contributed by atoms with Crippen LogP contribution in [-0.2, 0) is 17.8 Å². The molecule has 2 aromatic rings. The Labute approximate surface area is 136 Å². The van der Waals surface area contributed by atoms with Crippen molar-refractivity contribution in [1.29, 1.82) is 0 Å². The van der Waals surface area contributed by atoms with Gasteiger partial charge in [0.25, 0.3) is 5.91 Å². The lowest BCUT2D eigenvalue weighted by Crippen LogP contribution is -2.28. The highest BCUT2D eigenvalue weighted by atomic mass is 16.5. The third-order valence-electron chi connectivity index (χ3n) is 3.31. The lowest BCUT2D eigenvalue weighted by atomic mass is 10.2. The number of hydrogen-bond acceptors (Lipinski definition) is 4. The minimum atomic E-state index is -0.184. The Kier molecular flexibility index (Phi) is 6.41. The van der Waals surface area contributed by atoms with Crippen LogP contribution in [0.4, 0.5) is 0 Å². The van der Waals surface area contributed by atoms with Crippen molar-refractivity contribution in [1.82, 2.24) is 10.3 Å². The van der Waals surface area contributed by atoms with Crippen molar-refractivity contribution in [2.24, 2.45) is 0 Å². The van der Waals surface area contributed by atoms with E-state index in [2.05, 4.69) is 17.2 Å². The smallest absolute Gasteiger partial charge is 0.258 e. The summed E-state index contributed by atoms with van der Waals surface area (Å²) in [4.78, 5) is 16.0. The van der Waals surface area contributed by atoms with Gasteiger partial charge in [-0.05, 0) is 37.1 Å². The second kappa shape index (κ2) is 8.78. The van der Waals surface area contributed by atoms with E-state index in [0.717, 1.165) is 12.0 Å². The van der Waals surface area contributed by atoms with Crippen LogP contribution in [0.1, 0.15) is 25.0 Å². The Morgan fingerprint density at radius 3 is 2.61 bits per heavy atom. The van der Waals surface area contributed by atoms with Gasteiger partial charge in [-0.15, -0.1) is 0 Å². The average Bonchev–Trinajstić information content (AvgIpc) is 2.60. The number of amides is 1. The highest BCUT2D eigenvalue weighted by Gasteiger charge is 2.07. The number of nitrogens with zero attached hydrogens (tertiary/aromatic N) is 1. The van der Waals surface area contributed by atoms with Crippen LogP contribution >= 0.6 is 0 Å². The summed E-state index contributed by atoms with van der Waals surface area (Å²) in [5.41, 5.74) is 2.08. The van der Waals surface area contributed by atoms with E-state index >= 15 is 0 Å². The molecule has 1 heterocycles. The van der Waals surface area contributed by atoms with Crippen molar-refractivity contribution >= 4 is 5.91 Å². The van der Waals surface area contributed by atoms with Crippen molar-refractivity contribution in [3.63, 3.8) is 0 Å². The van der Waals surface area contributed by atoms with Crippen LogP contribution in [0, 0.1) is 0 Å². The highest BCUT2D eigenvalue weighted by Crippen LogP contribution is 2.14. The van der Waals surface area contributed by atoms with Crippen molar-refractivity contribution in [2.45, 2.75) is 26.8 Å². The van der Waals surface area contributed by atoms with Crippen LogP contribution in [0.25, 0.3) is 0 Å². The molecule has 0 fully saturated rings. The fourth-order valence-electron chi connectivity index (χ4n) is 2.04. The van der Waals surface area contributed by atoms with E-state index in [1.165, 1.54) is 5.56 Å². The molecule has 23 heavy (non-hydrogen) atoms. The molecule has 0 bridgehead atoms. The molecule has 0 saturated carbocycles. The first-order valence-electron chi connectivity index (χ1n) is 7.78. The van der Waals surface area contributed by atoms with Gasteiger partial charge >= 0.3 is 0 Å². The van der Waals surface area contributed by atoms with Gasteiger partial charge in [-0.3, -0.25) is 4.79 Å². The molecule has 0 spiro atoms. The van der Waals surface area contributed by atoms with Crippen LogP contribution in [-0.4, -0.2) is 24.1 Å². The molecule has 2 rings (SSSR count). The summed E-state index contributed by atoms with van der Waals surface area (Å²) in [6.45, 7) is 4.87. The Morgan fingerprint density at radius 1 is 1.13 bits per heavy atom. The Hall–Kier alpha value is -2.56. The van der Waals surface area contributed by atoms with Gasteiger partial charge in [0, 0.05) is 18.3 Å². The predicted molar refractivity (Wildman–Crippen MR) is 88.6 cm³/mol. The second-order valence-corrected chi connectivity index (χ2v) is 4.96. The zero-order valence-electron chi connectivity index (χ0n) is 13.5. The number of aryl methyl sites for hydroxylation is 1. The summed E-state index contributed by atoms with van der Waals surface area (Å²) >= 11 is 0. The lowest BCUT2D eigenvalue weighted by molar-refractivity contribution is -0.123. The van der Waals surface area contributed by atoms with Gasteiger partial charge in [0.1, 0.15) is 5.75 Å². The fourth-order valence-corrected chi connectivity index (χ4v) is 2.04. The standard InChI is InChI=1S/C18H22N2O3/c1-3-14-7-9-16(10-8-14)23-13-17(21)20-12-15-6-5-11-19-18(15)22-4-2/h5-11H,3-4,12-13H2,1-2H3,(H,20,21). The number of benzene rings is 1. The summed E-state index contributed by atoms with van der Waals surface area (Å²) in [6.07, 6.45) is 2.65. The van der Waals surface area contributed by atoms with E-state index in [0.29, 0.717) is 24.8 Å². The fraction of sp³-hybridized carbons (Fsp3) is 0.333. The maximum absolute atomic E-state index is 11.9. The molecule has 0 saturated heterocycles. The topological polar surface area (TPSA) is 60.5 Å². The summed E-state index contributed by atoms with van der Waals surface area (Å²) in [5, 5.41) is 2.81. The molecule has 1 amide bonds. The van der Waals surface area contributed by atoms with E-state index in [4.69, 9.17) is 9.47 Å². The van der Waals surface area contributed by atoms with Gasteiger partial charge in [0.15, 0.2) is 6.61 Å². The monoisotopic (exact) mass is 314 g/mol. The number of aromatic nitrogens is 1. The average molecular weight is 314 g/mol. The van der Waals surface area contributed by atoms with Crippen molar-refractivity contribution in [2.75, 3.05) is 13.2 Å². The van der Waals surface area contributed by atoms with Gasteiger partial charge in [-0.2, -0.15) is 0 Å². The zero-order valence-corrected chi connectivity index (χ0v) is 13.5. The normalized spacial score (nSPS) is 10.2. The second-order valence-electron chi connectivity index (χ2n) is 4.96. The Balaban J connectivity index is 1.81. The third-order valence-corrected chi connectivity index (χ3v) is 3.31. The van der Waals surface area contributed by atoms with Crippen LogP contribution in [0.2, 0.25) is 0 Å². The van der Waals surface area contributed by atoms with Crippen molar-refractivity contribution in [3.05, 3.63) is 53.7 Å². The van der Waals surface area contributed by atoms with E-state index in [-0.39, 0.29) is 12.5 Å². The number of ether oxygens (including phenoxy) is 2. The predicted octanol–water partition coefficient (Wildman–Crippen LogP) is 2.74. The van der Waals surface area contributed by atoms with Crippen LogP contribution in [0.5, 0.6) is 11.6 Å². The van der Waals surface area contributed by atoms with Gasteiger partial charge in [0.05, 0.1) is 6.61 Å². The molecular weight excluding hydrogens is 292 g/mol. The number of rotatable bonds is 8. The van der Waals surface area contributed by atoms with Gasteiger partial charge in [-0.1, -0.05) is 25.1 Å². The summed E-state index contributed by atoms with van der Waals surface area (Å²) < 4.78 is 10.9. The zero-order chi connectivity index (χ0) is 16.5. The van der Waals surface area contributed by atoms with Gasteiger partial charge < -0.3 is 14.8 Å². The Morgan fingerprint density at radius 2 is 1.91 bits per heavy atom. The number of pyridine rings is 1. The molecular formula is C18H22N2O3. The number of carbonyl (C=O) groups excluding carboxylic acids is 1. The first-order chi connectivity index (χ1) is 11.2. The first kappa shape index (κ1) is 16.8. The highest BCUT2D eigenvalue weighted by molar-refractivity contribution is 5.77. The Bertz CT molecular complexity index is 626. The number of carbonyl (C=O) groups is 1. The maximum atomic E-state index is 11.9. The van der Waals surface area contributed by atoms with Crippen LogP contribution < -0.4 is 14.8 Å². The van der Waals surface area contributed by atoms with Gasteiger partial charge in [-0.25, -0.2) is 4.98 Å². The molecule has 1 N–H and O–H groups in total. The molecule has 0 unspecified atom stereocenters. The molecule has 5 heteroatoms.